The number of nitriles is 1. The number of allylic oxidation sites excluding steroid dienone is 4. The highest BCUT2D eigenvalue weighted by atomic mass is 16.7. The van der Waals surface area contributed by atoms with Crippen LogP contribution in [0.4, 0.5) is 0 Å². The number of ether oxygens (including phenoxy) is 5. The summed E-state index contributed by atoms with van der Waals surface area (Å²) < 4.78 is 36.1. The summed E-state index contributed by atoms with van der Waals surface area (Å²) in [6.45, 7) is 5.70. The maximum atomic E-state index is 14.1. The zero-order valence-electron chi connectivity index (χ0n) is 52.8. The molecular weight excluding hydrogens is 1150 g/mol. The van der Waals surface area contributed by atoms with Crippen LogP contribution in [0.25, 0.3) is 0 Å². The topological polar surface area (TPSA) is 266 Å². The maximum absolute atomic E-state index is 14.1. The van der Waals surface area contributed by atoms with Gasteiger partial charge in [0.25, 0.3) is 0 Å². The van der Waals surface area contributed by atoms with Crippen molar-refractivity contribution in [3.8, 4) is 23.8 Å². The Morgan fingerprint density at radius 2 is 1.80 bits per heavy atom. The Labute approximate surface area is 535 Å². The molecule has 1 saturated heterocycles. The van der Waals surface area contributed by atoms with Crippen molar-refractivity contribution < 1.29 is 69.3 Å². The molecule has 5 aliphatic heterocycles. The Bertz CT molecular complexity index is 3260. The van der Waals surface area contributed by atoms with Crippen LogP contribution in [0.2, 0.25) is 0 Å². The van der Waals surface area contributed by atoms with Crippen LogP contribution in [-0.2, 0) is 31.8 Å². The smallest absolute Gasteiger partial charge is 0.335 e. The Hall–Kier alpha value is -5.80. The summed E-state index contributed by atoms with van der Waals surface area (Å²) >= 11 is 0. The van der Waals surface area contributed by atoms with Gasteiger partial charge in [0, 0.05) is 74.6 Å². The molecule has 17 heteroatoms. The number of hydrogen-bond acceptors (Lipinski definition) is 15. The Balaban J connectivity index is 0.987. The number of fused-ring (bicyclic) bond motifs is 7. The van der Waals surface area contributed by atoms with Crippen molar-refractivity contribution in [3.05, 3.63) is 138 Å². The van der Waals surface area contributed by atoms with Crippen LogP contribution in [0.1, 0.15) is 161 Å². The third-order valence-electron chi connectivity index (χ3n) is 23.5. The number of aliphatic hydroxyl groups is 7. The van der Waals surface area contributed by atoms with E-state index < -0.39 is 77.5 Å². The van der Waals surface area contributed by atoms with E-state index in [1.54, 1.807) is 44.6 Å². The second kappa shape index (κ2) is 27.3. The monoisotopic (exact) mass is 1250 g/mol. The van der Waals surface area contributed by atoms with E-state index >= 15 is 0 Å². The predicted molar refractivity (Wildman–Crippen MR) is 340 cm³/mol. The minimum absolute atomic E-state index is 0.0542. The summed E-state index contributed by atoms with van der Waals surface area (Å²) in [6, 6.07) is 16.1. The van der Waals surface area contributed by atoms with Crippen molar-refractivity contribution in [3.63, 3.8) is 0 Å². The predicted octanol–water partition coefficient (Wildman–Crippen LogP) is 8.73. The molecule has 3 aromatic rings. The first-order chi connectivity index (χ1) is 44.0. The molecule has 1 aromatic heterocycles. The lowest BCUT2D eigenvalue weighted by molar-refractivity contribution is -0.337. The first-order valence-corrected chi connectivity index (χ1v) is 33.8. The molecule has 13 rings (SSSR count). The van der Waals surface area contributed by atoms with E-state index in [1.165, 1.54) is 0 Å². The van der Waals surface area contributed by atoms with Crippen LogP contribution < -0.4 is 10.1 Å². The van der Waals surface area contributed by atoms with Crippen LogP contribution in [0.15, 0.2) is 110 Å². The van der Waals surface area contributed by atoms with E-state index in [-0.39, 0.29) is 105 Å². The maximum Gasteiger partial charge on any atom is 0.335 e. The molecule has 0 amide bonds. The number of nitrogens with one attached hydrogen (secondary N) is 1. The summed E-state index contributed by atoms with van der Waals surface area (Å²) in [6.07, 6.45) is 22.2. The minimum atomic E-state index is -1.97. The molecule has 9 N–H and O–H groups in total. The third-order valence-corrected chi connectivity index (χ3v) is 23.5. The van der Waals surface area contributed by atoms with Crippen molar-refractivity contribution in [2.24, 2.45) is 52.3 Å². The molecule has 10 aliphatic rings. The highest BCUT2D eigenvalue weighted by Gasteiger charge is 2.71. The van der Waals surface area contributed by atoms with Crippen molar-refractivity contribution in [2.45, 2.75) is 207 Å². The summed E-state index contributed by atoms with van der Waals surface area (Å²) in [5.41, 5.74) is -1.08. The summed E-state index contributed by atoms with van der Waals surface area (Å²) in [5.74, 6) is 2.69. The van der Waals surface area contributed by atoms with Crippen LogP contribution in [0, 0.1) is 75.6 Å². The van der Waals surface area contributed by atoms with Crippen molar-refractivity contribution in [1.29, 1.82) is 5.26 Å². The molecule has 3 bridgehead atoms. The average molecular weight is 1250 g/mol. The first kappa shape index (κ1) is 65.3. The molecule has 3 spiro atoms. The Kier molecular flexibility index (Phi) is 19.6. The minimum Gasteiger partial charge on any atom is -0.482 e. The number of methoxy groups -OCH3 is 1. The van der Waals surface area contributed by atoms with E-state index in [9.17, 15) is 50.9 Å². The van der Waals surface area contributed by atoms with Gasteiger partial charge in [-0.15, -0.1) is 6.58 Å². The average Bonchev–Trinajstić information content (AvgIpc) is 1.53. The van der Waals surface area contributed by atoms with Gasteiger partial charge in [-0.2, -0.15) is 5.26 Å². The summed E-state index contributed by atoms with van der Waals surface area (Å²) in [7, 11) is 1.61. The summed E-state index contributed by atoms with van der Waals surface area (Å²) in [4.78, 5) is 12.1. The molecule has 17 nitrogen and oxygen atoms in total. The number of carbonyl (C=O) groups is 1. The molecule has 5 fully saturated rings. The lowest BCUT2D eigenvalue weighted by Gasteiger charge is -2.54. The number of carboxylic acids is 1. The highest BCUT2D eigenvalue weighted by Crippen LogP contribution is 2.74. The fourth-order valence-corrected chi connectivity index (χ4v) is 19.4. The second-order valence-electron chi connectivity index (χ2n) is 28.5. The van der Waals surface area contributed by atoms with Gasteiger partial charge < -0.3 is 74.4 Å². The SMILES string of the molecule is C=CCc1ccc(O[C@H]2O[C@H]3[C@@H](O)[C@H](O)[C@]24C[C@H]([C@H](O)CC#CO[C@H]3CCCO)[C@@]2(C=C[C@@H]3[C@@](O)(C[C@H]5[C@@H](c6ccc(C(=O)O)cc6)CC[C@@H]6CCC[C@]635)C2)C=C(CC[C@H]2N[C@H]([C@H](C)O)C=C[C@@H]2C2CCCC2)O4)cc1C[C@@H](COC)[C@@H](CO)n1ccc(C#N)c1. The van der Waals surface area contributed by atoms with Gasteiger partial charge in [-0.25, -0.2) is 4.79 Å². The van der Waals surface area contributed by atoms with E-state index in [1.807, 2.05) is 41.0 Å². The lowest BCUT2D eigenvalue weighted by atomic mass is 9.52. The Morgan fingerprint density at radius 3 is 2.53 bits per heavy atom. The number of aromatic carboxylic acids is 1. The molecule has 5 aliphatic carbocycles. The highest BCUT2D eigenvalue weighted by molar-refractivity contribution is 5.87. The summed E-state index contributed by atoms with van der Waals surface area (Å²) in [5, 5.41) is 109. The number of aromatic nitrogens is 1. The molecule has 6 heterocycles. The van der Waals surface area contributed by atoms with Crippen LogP contribution >= 0.6 is 0 Å². The molecular formula is C74H95N3O14. The van der Waals surface area contributed by atoms with E-state index in [0.29, 0.717) is 61.0 Å². The standard InChI is InChI=1S/C74H95N3O14/c1-4-10-47-20-22-54(36-51(47)35-52(43-87-3)62(42-79)77-32-29-46(40-75)41-77)89-70-74-39-59(63(81)14-9-34-88-64(15-8-33-78)67(90-70)66(82)68(74)83)71(37-55(91-74)23-26-61-57(48-11-5-6-12-48)25-27-60(76-61)45(2)80)31-28-65-72(86,44-71)38-58-56(24-21-53-13-7-30-73(53,58)65)49-16-18-50(19-17-49)69(84)85/h4,16-20,22,25,27-29,31-32,36-37,41,45,48,52-53,56-68,70,76,78-83,86H,1,5-8,10-15,21,23-24,26,30,33,35,38-39,42-44H2,2-3H3,(H,84,85)/t45-,52-,53-,56+,57+,58-,59+,60-,61+,62+,63+,64-,65+,66+,67+,68-,70-,71-,72+,73+,74+/m0/s1. The Morgan fingerprint density at radius 1 is 0.989 bits per heavy atom. The number of carboxylic acid groups (broad SMARTS) is 1. The normalized spacial score (nSPS) is 37.6. The fraction of sp³-hybridized carbons (Fsp3) is 0.622. The lowest BCUT2D eigenvalue weighted by Crippen LogP contribution is -2.71. The third kappa shape index (κ3) is 12.4. The quantitative estimate of drug-likeness (QED) is 0.0356. The zero-order valence-corrected chi connectivity index (χ0v) is 52.8. The van der Waals surface area contributed by atoms with Gasteiger partial charge in [0.05, 0.1) is 60.0 Å². The molecule has 4 saturated carbocycles. The van der Waals surface area contributed by atoms with Gasteiger partial charge in [-0.05, 0) is 178 Å². The fourth-order valence-electron chi connectivity index (χ4n) is 19.4. The zero-order chi connectivity index (χ0) is 63.8. The second-order valence-corrected chi connectivity index (χ2v) is 28.5. The van der Waals surface area contributed by atoms with Crippen molar-refractivity contribution in [2.75, 3.05) is 26.9 Å². The molecule has 91 heavy (non-hydrogen) atoms. The molecule has 2 aromatic carbocycles. The van der Waals surface area contributed by atoms with Gasteiger partial charge in [0.15, 0.2) is 5.60 Å². The van der Waals surface area contributed by atoms with E-state index in [2.05, 4.69) is 60.4 Å². The van der Waals surface area contributed by atoms with Gasteiger partial charge in [-0.1, -0.05) is 73.8 Å². The number of rotatable bonds is 21. The number of hydrogen-bond donors (Lipinski definition) is 9. The number of aliphatic hydroxyl groups excluding tert-OH is 6. The largest absolute Gasteiger partial charge is 0.482 e. The van der Waals surface area contributed by atoms with E-state index in [4.69, 9.17) is 23.7 Å². The van der Waals surface area contributed by atoms with Gasteiger partial charge >= 0.3 is 5.97 Å². The van der Waals surface area contributed by atoms with Crippen molar-refractivity contribution >= 4 is 5.97 Å². The van der Waals surface area contributed by atoms with E-state index in [0.717, 1.165) is 74.5 Å². The molecule has 0 unspecified atom stereocenters. The van der Waals surface area contributed by atoms with Gasteiger partial charge in [-0.3, -0.25) is 0 Å². The van der Waals surface area contributed by atoms with Gasteiger partial charge in [0.2, 0.25) is 6.29 Å². The molecule has 0 radical (unpaired) electrons. The first-order valence-electron chi connectivity index (χ1n) is 33.8. The molecule has 490 valence electrons. The molecule has 21 atom stereocenters. The van der Waals surface area contributed by atoms with Gasteiger partial charge in [0.1, 0.15) is 42.3 Å². The van der Waals surface area contributed by atoms with Crippen molar-refractivity contribution in [1.82, 2.24) is 9.88 Å². The number of nitrogens with zero attached hydrogens (tertiary/aromatic N) is 2. The van der Waals surface area contributed by atoms with Crippen LogP contribution in [0.5, 0.6) is 5.75 Å². The van der Waals surface area contributed by atoms with Crippen LogP contribution in [0.3, 0.4) is 0 Å². The van der Waals surface area contributed by atoms with Crippen LogP contribution in [-0.4, -0.2) is 145 Å². The number of benzene rings is 2.